The Morgan fingerprint density at radius 2 is 1.65 bits per heavy atom. The normalized spacial score (nSPS) is 17.0. The van der Waals surface area contributed by atoms with Crippen LogP contribution < -0.4 is 0 Å². The molecule has 1 fully saturated rings. The number of carbonyl (C=O) groups is 1. The van der Waals surface area contributed by atoms with E-state index in [4.69, 9.17) is 4.74 Å². The minimum Gasteiger partial charge on any atom is -0.367 e. The van der Waals surface area contributed by atoms with Crippen LogP contribution in [0.5, 0.6) is 0 Å². The molecule has 2 aromatic carbocycles. The predicted molar refractivity (Wildman–Crippen MR) is 104 cm³/mol. The summed E-state index contributed by atoms with van der Waals surface area (Å²) in [6.07, 6.45) is 1.48. The van der Waals surface area contributed by atoms with Crippen molar-refractivity contribution in [2.24, 2.45) is 0 Å². The molecule has 0 unspecified atom stereocenters. The second-order valence-corrected chi connectivity index (χ2v) is 6.97. The summed E-state index contributed by atoms with van der Waals surface area (Å²) in [5.41, 5.74) is 2.26. The van der Waals surface area contributed by atoms with Crippen LogP contribution in [0, 0.1) is 0 Å². The average molecular weight is 352 g/mol. The van der Waals surface area contributed by atoms with Gasteiger partial charge in [-0.25, -0.2) is 0 Å². The molecule has 2 aromatic rings. The van der Waals surface area contributed by atoms with E-state index in [-0.39, 0.29) is 11.9 Å². The quantitative estimate of drug-likeness (QED) is 0.798. The summed E-state index contributed by atoms with van der Waals surface area (Å²) < 4.78 is 5.51. The molecule has 1 heterocycles. The summed E-state index contributed by atoms with van der Waals surface area (Å²) in [4.78, 5) is 17.3. The Balaban J connectivity index is 1.55. The zero-order valence-corrected chi connectivity index (χ0v) is 15.7. The van der Waals surface area contributed by atoms with E-state index in [1.807, 2.05) is 42.3 Å². The summed E-state index contributed by atoms with van der Waals surface area (Å²) in [6, 6.07) is 20.6. The second-order valence-electron chi connectivity index (χ2n) is 6.97. The highest BCUT2D eigenvalue weighted by molar-refractivity contribution is 5.82. The summed E-state index contributed by atoms with van der Waals surface area (Å²) in [5, 5.41) is 0. The molecule has 0 aromatic heterocycles. The van der Waals surface area contributed by atoms with Crippen LogP contribution in [0.3, 0.4) is 0 Å². The van der Waals surface area contributed by atoms with Gasteiger partial charge in [-0.3, -0.25) is 9.69 Å². The molecule has 26 heavy (non-hydrogen) atoms. The Morgan fingerprint density at radius 3 is 2.23 bits per heavy atom. The lowest BCUT2D eigenvalue weighted by Crippen LogP contribution is -2.46. The number of likely N-dealkylation sites (N-methyl/N-ethyl adjacent to an activating group) is 1. The molecular weight excluding hydrogens is 324 g/mol. The molecular formula is C22H28N2O2. The lowest BCUT2D eigenvalue weighted by Gasteiger charge is -2.37. The van der Waals surface area contributed by atoms with Crippen LogP contribution in [0.4, 0.5) is 0 Å². The SMILES string of the molecule is CO[C@@H](C(=O)N(C)C1CCN(Cc2ccccc2)CC1)c1ccccc1. The topological polar surface area (TPSA) is 32.8 Å². The third kappa shape index (κ3) is 4.51. The number of carbonyl (C=O) groups excluding carboxylic acids is 1. The van der Waals surface area contributed by atoms with Gasteiger partial charge in [0.25, 0.3) is 5.91 Å². The molecule has 1 amide bonds. The van der Waals surface area contributed by atoms with Gasteiger partial charge in [0.1, 0.15) is 0 Å². The molecule has 1 aliphatic rings. The van der Waals surface area contributed by atoms with Gasteiger partial charge in [0, 0.05) is 39.8 Å². The van der Waals surface area contributed by atoms with E-state index >= 15 is 0 Å². The number of rotatable bonds is 6. The highest BCUT2D eigenvalue weighted by Gasteiger charge is 2.30. The minimum atomic E-state index is -0.524. The van der Waals surface area contributed by atoms with Crippen LogP contribution >= 0.6 is 0 Å². The molecule has 4 nitrogen and oxygen atoms in total. The van der Waals surface area contributed by atoms with Crippen LogP contribution in [0.15, 0.2) is 60.7 Å². The van der Waals surface area contributed by atoms with Gasteiger partial charge in [0.15, 0.2) is 6.10 Å². The van der Waals surface area contributed by atoms with Crippen LogP contribution in [0.1, 0.15) is 30.1 Å². The van der Waals surface area contributed by atoms with E-state index < -0.39 is 6.10 Å². The van der Waals surface area contributed by atoms with Crippen molar-refractivity contribution in [3.8, 4) is 0 Å². The van der Waals surface area contributed by atoms with Gasteiger partial charge < -0.3 is 9.64 Å². The third-order valence-electron chi connectivity index (χ3n) is 5.26. The van der Waals surface area contributed by atoms with Gasteiger partial charge in [0.2, 0.25) is 0 Å². The third-order valence-corrected chi connectivity index (χ3v) is 5.26. The first kappa shape index (κ1) is 18.6. The van der Waals surface area contributed by atoms with Crippen LogP contribution in [-0.4, -0.2) is 49.0 Å². The first-order valence-corrected chi connectivity index (χ1v) is 9.29. The molecule has 1 saturated heterocycles. The zero-order chi connectivity index (χ0) is 18.4. The smallest absolute Gasteiger partial charge is 0.256 e. The van der Waals surface area contributed by atoms with E-state index in [9.17, 15) is 4.79 Å². The maximum atomic E-state index is 12.9. The average Bonchev–Trinajstić information content (AvgIpc) is 2.70. The Hall–Kier alpha value is -2.17. The maximum Gasteiger partial charge on any atom is 0.256 e. The number of amides is 1. The Bertz CT molecular complexity index is 682. The predicted octanol–water partition coefficient (Wildman–Crippen LogP) is 3.50. The van der Waals surface area contributed by atoms with Crippen LogP contribution in [0.25, 0.3) is 0 Å². The first-order valence-electron chi connectivity index (χ1n) is 9.29. The van der Waals surface area contributed by atoms with Crippen molar-refractivity contribution in [1.29, 1.82) is 0 Å². The van der Waals surface area contributed by atoms with Gasteiger partial charge in [-0.15, -0.1) is 0 Å². The van der Waals surface area contributed by atoms with Crippen molar-refractivity contribution in [2.45, 2.75) is 31.5 Å². The van der Waals surface area contributed by atoms with Gasteiger partial charge >= 0.3 is 0 Å². The molecule has 138 valence electrons. The standard InChI is InChI=1S/C22H28N2O2/c1-23(22(25)21(26-2)19-11-7-4-8-12-19)20-13-15-24(16-14-20)17-18-9-5-3-6-10-18/h3-12,20-21H,13-17H2,1-2H3/t21-/m1/s1. The molecule has 0 bridgehead atoms. The monoisotopic (exact) mass is 352 g/mol. The summed E-state index contributed by atoms with van der Waals surface area (Å²) in [6.45, 7) is 3.01. The number of hydrogen-bond acceptors (Lipinski definition) is 3. The van der Waals surface area contributed by atoms with E-state index in [0.29, 0.717) is 0 Å². The number of nitrogens with zero attached hydrogens (tertiary/aromatic N) is 2. The summed E-state index contributed by atoms with van der Waals surface area (Å²) in [7, 11) is 3.51. The van der Waals surface area contributed by atoms with Crippen molar-refractivity contribution >= 4 is 5.91 Å². The molecule has 1 aliphatic heterocycles. The fourth-order valence-corrected chi connectivity index (χ4v) is 3.68. The van der Waals surface area contributed by atoms with Crippen molar-refractivity contribution in [1.82, 2.24) is 9.80 Å². The van der Waals surface area contributed by atoms with Crippen molar-refractivity contribution in [3.05, 3.63) is 71.8 Å². The van der Waals surface area contributed by atoms with E-state index in [0.717, 1.165) is 38.0 Å². The highest BCUT2D eigenvalue weighted by Crippen LogP contribution is 2.23. The summed E-state index contributed by atoms with van der Waals surface area (Å²) in [5.74, 6) is 0.0419. The van der Waals surface area contributed by atoms with Gasteiger partial charge in [-0.1, -0.05) is 60.7 Å². The van der Waals surface area contributed by atoms with Crippen LogP contribution in [-0.2, 0) is 16.1 Å². The number of likely N-dealkylation sites (tertiary alicyclic amines) is 1. The Labute approximate surface area is 156 Å². The summed E-state index contributed by atoms with van der Waals surface area (Å²) >= 11 is 0. The lowest BCUT2D eigenvalue weighted by molar-refractivity contribution is -0.144. The molecule has 4 heteroatoms. The van der Waals surface area contributed by atoms with Crippen molar-refractivity contribution in [3.63, 3.8) is 0 Å². The molecule has 0 spiro atoms. The Morgan fingerprint density at radius 1 is 1.08 bits per heavy atom. The highest BCUT2D eigenvalue weighted by atomic mass is 16.5. The zero-order valence-electron chi connectivity index (χ0n) is 15.7. The van der Waals surface area contributed by atoms with Gasteiger partial charge in [0.05, 0.1) is 0 Å². The van der Waals surface area contributed by atoms with Gasteiger partial charge in [-0.05, 0) is 24.0 Å². The lowest BCUT2D eigenvalue weighted by atomic mass is 10.0. The molecule has 0 aliphatic carbocycles. The van der Waals surface area contributed by atoms with E-state index in [1.165, 1.54) is 5.56 Å². The number of piperidine rings is 1. The molecule has 0 radical (unpaired) electrons. The van der Waals surface area contributed by atoms with Gasteiger partial charge in [-0.2, -0.15) is 0 Å². The molecule has 0 saturated carbocycles. The van der Waals surface area contributed by atoms with Crippen molar-refractivity contribution < 1.29 is 9.53 Å². The minimum absolute atomic E-state index is 0.0419. The van der Waals surface area contributed by atoms with Crippen molar-refractivity contribution in [2.75, 3.05) is 27.2 Å². The number of methoxy groups -OCH3 is 1. The fourth-order valence-electron chi connectivity index (χ4n) is 3.68. The molecule has 3 rings (SSSR count). The van der Waals surface area contributed by atoms with E-state index in [2.05, 4.69) is 35.2 Å². The first-order chi connectivity index (χ1) is 12.7. The second kappa shape index (κ2) is 8.97. The number of ether oxygens (including phenoxy) is 1. The van der Waals surface area contributed by atoms with E-state index in [1.54, 1.807) is 7.11 Å². The largest absolute Gasteiger partial charge is 0.367 e. The number of hydrogen-bond donors (Lipinski definition) is 0. The molecule has 1 atom stereocenters. The maximum absolute atomic E-state index is 12.9. The Kier molecular flexibility index (Phi) is 6.42. The molecule has 0 N–H and O–H groups in total. The van der Waals surface area contributed by atoms with Crippen LogP contribution in [0.2, 0.25) is 0 Å². The number of benzene rings is 2. The fraction of sp³-hybridized carbons (Fsp3) is 0.409.